The van der Waals surface area contributed by atoms with E-state index in [0.29, 0.717) is 16.4 Å². The van der Waals surface area contributed by atoms with Gasteiger partial charge in [-0.05, 0) is 55.4 Å². The standard InChI is InChI=1S/C22H23N3O6S/c1-13-5-4-6-16(11-13)24-14(2)19(21(27)31-10-9-30-3)20(23-22(24)32)15-7-8-18(26)17(12-15)25(28)29/h4-8,11-12,20,26H,9-10H2,1-3H3,(H,23,32). The number of thiocarbonyl (C=S) groups is 1. The van der Waals surface area contributed by atoms with Crippen molar-refractivity contribution in [2.24, 2.45) is 0 Å². The van der Waals surface area contributed by atoms with Crippen molar-refractivity contribution < 1.29 is 24.3 Å². The molecule has 0 radical (unpaired) electrons. The van der Waals surface area contributed by atoms with E-state index in [-0.39, 0.29) is 18.8 Å². The summed E-state index contributed by atoms with van der Waals surface area (Å²) >= 11 is 5.59. The first-order valence-corrected chi connectivity index (χ1v) is 10.2. The maximum atomic E-state index is 13.1. The highest BCUT2D eigenvalue weighted by Crippen LogP contribution is 2.37. The highest BCUT2D eigenvalue weighted by atomic mass is 32.1. The highest BCUT2D eigenvalue weighted by Gasteiger charge is 2.36. The van der Waals surface area contributed by atoms with Crippen molar-refractivity contribution in [3.63, 3.8) is 0 Å². The Morgan fingerprint density at radius 1 is 1.25 bits per heavy atom. The van der Waals surface area contributed by atoms with Gasteiger partial charge in [-0.1, -0.05) is 18.2 Å². The van der Waals surface area contributed by atoms with Crippen LogP contribution in [0.5, 0.6) is 5.75 Å². The predicted octanol–water partition coefficient (Wildman–Crippen LogP) is 3.51. The van der Waals surface area contributed by atoms with Crippen molar-refractivity contribution in [3.8, 4) is 5.75 Å². The second-order valence-electron chi connectivity index (χ2n) is 7.19. The molecule has 2 N–H and O–H groups in total. The number of phenols is 1. The number of carbonyl (C=O) groups excluding carboxylic acids is 1. The number of phenolic OH excluding ortho intramolecular Hbond substituents is 1. The SMILES string of the molecule is COCCOC(=O)C1=C(C)N(c2cccc(C)c2)C(=S)NC1c1ccc(O)c([N+](=O)[O-])c1. The van der Waals surface area contributed by atoms with Crippen LogP contribution < -0.4 is 10.2 Å². The van der Waals surface area contributed by atoms with E-state index in [1.54, 1.807) is 11.8 Å². The molecule has 3 rings (SSSR count). The molecule has 1 unspecified atom stereocenters. The molecule has 9 nitrogen and oxygen atoms in total. The minimum Gasteiger partial charge on any atom is -0.502 e. The van der Waals surface area contributed by atoms with Crippen molar-refractivity contribution >= 4 is 34.7 Å². The van der Waals surface area contributed by atoms with E-state index in [9.17, 15) is 20.0 Å². The monoisotopic (exact) mass is 457 g/mol. The normalized spacial score (nSPS) is 16.0. The number of nitrogens with zero attached hydrogens (tertiary/aromatic N) is 2. The number of aryl methyl sites for hydroxylation is 1. The molecule has 1 atom stereocenters. The van der Waals surface area contributed by atoms with Crippen LogP contribution in [-0.4, -0.2) is 41.4 Å². The molecule has 10 heteroatoms. The van der Waals surface area contributed by atoms with Gasteiger partial charge in [-0.15, -0.1) is 0 Å². The largest absolute Gasteiger partial charge is 0.502 e. The van der Waals surface area contributed by atoms with Crippen LogP contribution in [0.3, 0.4) is 0 Å². The van der Waals surface area contributed by atoms with Crippen molar-refractivity contribution in [2.75, 3.05) is 25.2 Å². The molecular formula is C22H23N3O6S. The van der Waals surface area contributed by atoms with Crippen LogP contribution in [0.25, 0.3) is 0 Å². The van der Waals surface area contributed by atoms with Gasteiger partial charge in [-0.2, -0.15) is 0 Å². The number of nitro groups is 1. The number of methoxy groups -OCH3 is 1. The van der Waals surface area contributed by atoms with Gasteiger partial charge in [0, 0.05) is 24.6 Å². The topological polar surface area (TPSA) is 114 Å². The van der Waals surface area contributed by atoms with Gasteiger partial charge in [0.1, 0.15) is 6.61 Å². The maximum absolute atomic E-state index is 13.1. The molecule has 2 aromatic carbocycles. The van der Waals surface area contributed by atoms with E-state index in [1.807, 2.05) is 31.2 Å². The quantitative estimate of drug-likeness (QED) is 0.212. The Kier molecular flexibility index (Phi) is 7.06. The van der Waals surface area contributed by atoms with Crippen LogP contribution in [0.4, 0.5) is 11.4 Å². The van der Waals surface area contributed by atoms with Crippen molar-refractivity contribution in [1.29, 1.82) is 0 Å². The lowest BCUT2D eigenvalue weighted by molar-refractivity contribution is -0.385. The van der Waals surface area contributed by atoms with E-state index < -0.39 is 28.4 Å². The zero-order valence-electron chi connectivity index (χ0n) is 17.8. The number of aromatic hydroxyl groups is 1. The molecule has 0 saturated heterocycles. The lowest BCUT2D eigenvalue weighted by Gasteiger charge is -2.37. The summed E-state index contributed by atoms with van der Waals surface area (Å²) in [5, 5.41) is 24.6. The van der Waals surface area contributed by atoms with Crippen LogP contribution >= 0.6 is 12.2 Å². The Labute approximate surface area is 190 Å². The molecule has 0 bridgehead atoms. The first-order chi connectivity index (χ1) is 15.2. The maximum Gasteiger partial charge on any atom is 0.338 e. The van der Waals surface area contributed by atoms with Crippen molar-refractivity contribution in [3.05, 3.63) is 75.0 Å². The summed E-state index contributed by atoms with van der Waals surface area (Å²) in [6, 6.07) is 10.7. The number of hydrogen-bond acceptors (Lipinski definition) is 7. The first-order valence-electron chi connectivity index (χ1n) is 9.76. The zero-order chi connectivity index (χ0) is 23.4. The Hall–Kier alpha value is -3.50. The fourth-order valence-corrected chi connectivity index (χ4v) is 3.86. The second kappa shape index (κ2) is 9.75. The van der Waals surface area contributed by atoms with Gasteiger partial charge in [0.05, 0.1) is 23.1 Å². The summed E-state index contributed by atoms with van der Waals surface area (Å²) in [4.78, 5) is 25.4. The van der Waals surface area contributed by atoms with E-state index >= 15 is 0 Å². The molecule has 32 heavy (non-hydrogen) atoms. The molecule has 0 spiro atoms. The average molecular weight is 458 g/mol. The summed E-state index contributed by atoms with van der Waals surface area (Å²) in [6.45, 7) is 3.95. The number of carbonyl (C=O) groups is 1. The van der Waals surface area contributed by atoms with Gasteiger partial charge >= 0.3 is 11.7 Å². The fraction of sp³-hybridized carbons (Fsp3) is 0.273. The molecule has 0 amide bonds. The first kappa shape index (κ1) is 23.2. The molecule has 168 valence electrons. The van der Waals surface area contributed by atoms with Gasteiger partial charge in [0.25, 0.3) is 0 Å². The summed E-state index contributed by atoms with van der Waals surface area (Å²) in [5.41, 5.74) is 2.47. The number of anilines is 1. The van der Waals surface area contributed by atoms with Crippen LogP contribution in [0.15, 0.2) is 53.7 Å². The number of benzene rings is 2. The third-order valence-electron chi connectivity index (χ3n) is 5.01. The van der Waals surface area contributed by atoms with E-state index in [1.165, 1.54) is 25.3 Å². The van der Waals surface area contributed by atoms with Crippen molar-refractivity contribution in [2.45, 2.75) is 19.9 Å². The van der Waals surface area contributed by atoms with E-state index in [0.717, 1.165) is 11.3 Å². The molecule has 0 fully saturated rings. The van der Waals surface area contributed by atoms with Crippen LogP contribution in [-0.2, 0) is 14.3 Å². The fourth-order valence-electron chi connectivity index (χ4n) is 3.50. The van der Waals surface area contributed by atoms with Gasteiger partial charge in [-0.3, -0.25) is 15.0 Å². The molecule has 0 aromatic heterocycles. The minimum absolute atomic E-state index is 0.0451. The third-order valence-corrected chi connectivity index (χ3v) is 5.32. The summed E-state index contributed by atoms with van der Waals surface area (Å²) in [6.07, 6.45) is 0. The zero-order valence-corrected chi connectivity index (χ0v) is 18.6. The minimum atomic E-state index is -0.807. The Morgan fingerprint density at radius 3 is 2.66 bits per heavy atom. The van der Waals surface area contributed by atoms with Gasteiger partial charge in [0.2, 0.25) is 0 Å². The van der Waals surface area contributed by atoms with Gasteiger partial charge < -0.3 is 19.9 Å². The van der Waals surface area contributed by atoms with Gasteiger partial charge in [-0.25, -0.2) is 4.79 Å². The lowest BCUT2D eigenvalue weighted by Crippen LogP contribution is -2.48. The molecule has 0 aliphatic carbocycles. The number of ether oxygens (including phenoxy) is 2. The average Bonchev–Trinajstić information content (AvgIpc) is 2.73. The van der Waals surface area contributed by atoms with Gasteiger partial charge in [0.15, 0.2) is 10.9 Å². The number of rotatable bonds is 7. The Balaban J connectivity index is 2.12. The molecule has 1 aliphatic rings. The van der Waals surface area contributed by atoms with Crippen LogP contribution in [0, 0.1) is 17.0 Å². The molecule has 0 saturated carbocycles. The number of nitro benzene ring substituents is 1. The number of hydrogen-bond donors (Lipinski definition) is 2. The van der Waals surface area contributed by atoms with Crippen molar-refractivity contribution in [1.82, 2.24) is 5.32 Å². The van der Waals surface area contributed by atoms with E-state index in [4.69, 9.17) is 21.7 Å². The molecule has 2 aromatic rings. The molecular weight excluding hydrogens is 434 g/mol. The molecule has 1 heterocycles. The third kappa shape index (κ3) is 4.71. The van der Waals surface area contributed by atoms with E-state index in [2.05, 4.69) is 5.32 Å². The lowest BCUT2D eigenvalue weighted by atomic mass is 9.94. The summed E-state index contributed by atoms with van der Waals surface area (Å²) in [7, 11) is 1.50. The Morgan fingerprint density at radius 2 is 2.00 bits per heavy atom. The Bertz CT molecular complexity index is 1100. The van der Waals surface area contributed by atoms with Crippen LogP contribution in [0.2, 0.25) is 0 Å². The molecule has 1 aliphatic heterocycles. The summed E-state index contributed by atoms with van der Waals surface area (Å²) in [5.74, 6) is -1.07. The number of nitrogens with one attached hydrogen (secondary N) is 1. The highest BCUT2D eigenvalue weighted by molar-refractivity contribution is 7.80. The number of esters is 1. The number of allylic oxidation sites excluding steroid dienone is 1. The predicted molar refractivity (Wildman–Crippen MR) is 122 cm³/mol. The smallest absolute Gasteiger partial charge is 0.338 e. The van der Waals surface area contributed by atoms with Crippen LogP contribution in [0.1, 0.15) is 24.1 Å². The second-order valence-corrected chi connectivity index (χ2v) is 7.58. The summed E-state index contributed by atoms with van der Waals surface area (Å²) < 4.78 is 10.3.